The molecule has 0 saturated heterocycles. The number of aryl methyl sites for hydroxylation is 1. The standard InChI is InChI=1S/C13H17BrO/c1-9-7-13(15)11(8-12(9)14)10-5-3-2-4-6-10/h7-8,10,15H,2-6H2,1H3. The minimum absolute atomic E-state index is 0.475. The highest BCUT2D eigenvalue weighted by atomic mass is 79.9. The molecule has 0 aliphatic heterocycles. The lowest BCUT2D eigenvalue weighted by Gasteiger charge is -2.23. The molecule has 0 amide bonds. The summed E-state index contributed by atoms with van der Waals surface area (Å²) in [4.78, 5) is 0. The van der Waals surface area contributed by atoms with Crippen LogP contribution in [0.1, 0.15) is 49.1 Å². The molecule has 2 rings (SSSR count). The molecule has 1 fully saturated rings. The van der Waals surface area contributed by atoms with Gasteiger partial charge in [-0.2, -0.15) is 0 Å². The maximum Gasteiger partial charge on any atom is 0.119 e. The van der Waals surface area contributed by atoms with Crippen molar-refractivity contribution < 1.29 is 5.11 Å². The Labute approximate surface area is 99.6 Å². The number of phenols is 1. The van der Waals surface area contributed by atoms with Gasteiger partial charge in [-0.1, -0.05) is 35.2 Å². The molecule has 0 unspecified atom stereocenters. The fourth-order valence-corrected chi connectivity index (χ4v) is 2.78. The van der Waals surface area contributed by atoms with E-state index in [9.17, 15) is 5.11 Å². The fourth-order valence-electron chi connectivity index (χ4n) is 2.42. The largest absolute Gasteiger partial charge is 0.508 e. The molecule has 1 saturated carbocycles. The quantitative estimate of drug-likeness (QED) is 0.795. The Kier molecular flexibility index (Phi) is 3.35. The normalized spacial score (nSPS) is 18.0. The Morgan fingerprint density at radius 2 is 1.87 bits per heavy atom. The van der Waals surface area contributed by atoms with Crippen LogP contribution in [0.3, 0.4) is 0 Å². The lowest BCUT2D eigenvalue weighted by Crippen LogP contribution is -2.05. The second-order valence-corrected chi connectivity index (χ2v) is 5.35. The molecule has 1 aliphatic carbocycles. The van der Waals surface area contributed by atoms with Crippen molar-refractivity contribution in [3.63, 3.8) is 0 Å². The van der Waals surface area contributed by atoms with Gasteiger partial charge in [-0.15, -0.1) is 0 Å². The summed E-state index contributed by atoms with van der Waals surface area (Å²) in [5.41, 5.74) is 2.24. The summed E-state index contributed by atoms with van der Waals surface area (Å²) in [6.45, 7) is 2.01. The Morgan fingerprint density at radius 3 is 2.53 bits per heavy atom. The van der Waals surface area contributed by atoms with Crippen LogP contribution in [0.4, 0.5) is 0 Å². The van der Waals surface area contributed by atoms with Gasteiger partial charge < -0.3 is 5.11 Å². The highest BCUT2D eigenvalue weighted by Gasteiger charge is 2.19. The summed E-state index contributed by atoms with van der Waals surface area (Å²) in [5, 5.41) is 9.95. The van der Waals surface area contributed by atoms with Gasteiger partial charge in [0.15, 0.2) is 0 Å². The Balaban J connectivity index is 2.30. The Hall–Kier alpha value is -0.500. The van der Waals surface area contributed by atoms with E-state index in [0.29, 0.717) is 11.7 Å². The molecule has 15 heavy (non-hydrogen) atoms. The molecule has 1 aliphatic rings. The smallest absolute Gasteiger partial charge is 0.119 e. The van der Waals surface area contributed by atoms with E-state index in [2.05, 4.69) is 22.0 Å². The highest BCUT2D eigenvalue weighted by Crippen LogP contribution is 2.39. The van der Waals surface area contributed by atoms with E-state index in [1.807, 2.05) is 13.0 Å². The van der Waals surface area contributed by atoms with E-state index in [-0.39, 0.29) is 0 Å². The van der Waals surface area contributed by atoms with E-state index in [1.165, 1.54) is 32.1 Å². The molecule has 0 spiro atoms. The first-order chi connectivity index (χ1) is 7.18. The van der Waals surface area contributed by atoms with Gasteiger partial charge in [0, 0.05) is 4.47 Å². The molecule has 0 atom stereocenters. The van der Waals surface area contributed by atoms with Crippen LogP contribution in [-0.2, 0) is 0 Å². The molecule has 0 bridgehead atoms. The molecule has 0 aromatic heterocycles. The number of hydrogen-bond donors (Lipinski definition) is 1. The highest BCUT2D eigenvalue weighted by molar-refractivity contribution is 9.10. The zero-order chi connectivity index (χ0) is 10.8. The van der Waals surface area contributed by atoms with E-state index in [0.717, 1.165) is 15.6 Å². The number of aromatic hydroxyl groups is 1. The molecule has 1 aromatic carbocycles. The van der Waals surface area contributed by atoms with Crippen LogP contribution in [0, 0.1) is 6.92 Å². The van der Waals surface area contributed by atoms with Crippen molar-refractivity contribution in [2.75, 3.05) is 0 Å². The third kappa shape index (κ3) is 2.36. The molecule has 1 aromatic rings. The zero-order valence-corrected chi connectivity index (χ0v) is 10.7. The van der Waals surface area contributed by atoms with E-state index in [4.69, 9.17) is 0 Å². The second-order valence-electron chi connectivity index (χ2n) is 4.50. The van der Waals surface area contributed by atoms with Crippen LogP contribution in [-0.4, -0.2) is 5.11 Å². The van der Waals surface area contributed by atoms with Crippen LogP contribution in [0.25, 0.3) is 0 Å². The topological polar surface area (TPSA) is 20.2 Å². The first-order valence-electron chi connectivity index (χ1n) is 5.67. The van der Waals surface area contributed by atoms with Crippen LogP contribution in [0.15, 0.2) is 16.6 Å². The lowest BCUT2D eigenvalue weighted by molar-refractivity contribution is 0.414. The molecular weight excluding hydrogens is 252 g/mol. The third-order valence-corrected chi connectivity index (χ3v) is 4.21. The number of hydrogen-bond acceptors (Lipinski definition) is 1. The summed E-state index contributed by atoms with van der Waals surface area (Å²) in [5.74, 6) is 1.04. The molecule has 0 heterocycles. The average Bonchev–Trinajstić information content (AvgIpc) is 2.25. The first-order valence-corrected chi connectivity index (χ1v) is 6.47. The van der Waals surface area contributed by atoms with Crippen molar-refractivity contribution in [3.05, 3.63) is 27.7 Å². The number of phenolic OH excluding ortho intramolecular Hbond substituents is 1. The summed E-state index contributed by atoms with van der Waals surface area (Å²) in [7, 11) is 0. The van der Waals surface area contributed by atoms with E-state index < -0.39 is 0 Å². The zero-order valence-electron chi connectivity index (χ0n) is 9.09. The molecule has 82 valence electrons. The molecule has 1 N–H and O–H groups in total. The van der Waals surface area contributed by atoms with Gasteiger partial charge in [-0.3, -0.25) is 0 Å². The van der Waals surface area contributed by atoms with Gasteiger partial charge in [0.05, 0.1) is 0 Å². The first kappa shape index (κ1) is 11.0. The van der Waals surface area contributed by atoms with Gasteiger partial charge >= 0.3 is 0 Å². The maximum atomic E-state index is 9.95. The summed E-state index contributed by atoms with van der Waals surface area (Å²) in [6.07, 6.45) is 6.40. The monoisotopic (exact) mass is 268 g/mol. The third-order valence-electron chi connectivity index (χ3n) is 3.35. The van der Waals surface area contributed by atoms with Crippen molar-refractivity contribution in [1.82, 2.24) is 0 Å². The predicted octanol–water partition coefficient (Wildman–Crippen LogP) is 4.51. The van der Waals surface area contributed by atoms with Crippen molar-refractivity contribution in [2.45, 2.75) is 44.9 Å². The summed E-state index contributed by atoms with van der Waals surface area (Å²) >= 11 is 3.54. The van der Waals surface area contributed by atoms with Gasteiger partial charge in [0.25, 0.3) is 0 Å². The number of rotatable bonds is 1. The van der Waals surface area contributed by atoms with Crippen LogP contribution in [0.5, 0.6) is 5.75 Å². The van der Waals surface area contributed by atoms with E-state index in [1.54, 1.807) is 0 Å². The molecule has 2 heteroatoms. The Bertz CT molecular complexity index is 354. The van der Waals surface area contributed by atoms with Gasteiger partial charge in [0.2, 0.25) is 0 Å². The van der Waals surface area contributed by atoms with Crippen molar-refractivity contribution in [3.8, 4) is 5.75 Å². The average molecular weight is 269 g/mol. The van der Waals surface area contributed by atoms with Crippen LogP contribution < -0.4 is 0 Å². The van der Waals surface area contributed by atoms with Crippen LogP contribution in [0.2, 0.25) is 0 Å². The number of halogens is 1. The molecule has 1 nitrogen and oxygen atoms in total. The molecule has 0 radical (unpaired) electrons. The lowest BCUT2D eigenvalue weighted by atomic mass is 9.83. The number of benzene rings is 1. The minimum atomic E-state index is 0.475. The van der Waals surface area contributed by atoms with Crippen molar-refractivity contribution >= 4 is 15.9 Å². The predicted molar refractivity (Wildman–Crippen MR) is 66.4 cm³/mol. The van der Waals surface area contributed by atoms with Gasteiger partial charge in [-0.05, 0) is 48.9 Å². The Morgan fingerprint density at radius 1 is 1.20 bits per heavy atom. The molecular formula is C13H17BrO. The van der Waals surface area contributed by atoms with E-state index >= 15 is 0 Å². The van der Waals surface area contributed by atoms with Crippen molar-refractivity contribution in [1.29, 1.82) is 0 Å². The van der Waals surface area contributed by atoms with Gasteiger partial charge in [0.1, 0.15) is 5.75 Å². The van der Waals surface area contributed by atoms with Gasteiger partial charge in [-0.25, -0.2) is 0 Å². The summed E-state index contributed by atoms with van der Waals surface area (Å²) < 4.78 is 1.11. The SMILES string of the molecule is Cc1cc(O)c(C2CCCCC2)cc1Br. The summed E-state index contributed by atoms with van der Waals surface area (Å²) in [6, 6.07) is 3.97. The minimum Gasteiger partial charge on any atom is -0.508 e. The fraction of sp³-hybridized carbons (Fsp3) is 0.538. The van der Waals surface area contributed by atoms with Crippen molar-refractivity contribution in [2.24, 2.45) is 0 Å². The second kappa shape index (κ2) is 4.56. The van der Waals surface area contributed by atoms with Crippen LogP contribution >= 0.6 is 15.9 Å². The maximum absolute atomic E-state index is 9.95.